The highest BCUT2D eigenvalue weighted by Crippen LogP contribution is 2.43. The Labute approximate surface area is 206 Å². The zero-order valence-corrected chi connectivity index (χ0v) is 20.7. The van der Waals surface area contributed by atoms with Crippen molar-refractivity contribution in [3.05, 3.63) is 77.9 Å². The Morgan fingerprint density at radius 2 is 1.66 bits per heavy atom. The molecule has 0 fully saturated rings. The number of hydrogen-bond donors (Lipinski definition) is 2. The lowest BCUT2D eigenvalue weighted by atomic mass is 9.99. The lowest BCUT2D eigenvalue weighted by Crippen LogP contribution is -2.40. The van der Waals surface area contributed by atoms with Gasteiger partial charge in [-0.05, 0) is 48.7 Å². The Balaban J connectivity index is 1.63. The summed E-state index contributed by atoms with van der Waals surface area (Å²) in [5.74, 6) is -0.821. The number of aryl methyl sites for hydroxylation is 1. The van der Waals surface area contributed by atoms with Crippen LogP contribution in [0.1, 0.15) is 42.6 Å². The summed E-state index contributed by atoms with van der Waals surface area (Å²) in [6, 6.07) is 19.1. The van der Waals surface area contributed by atoms with Crippen molar-refractivity contribution in [1.29, 1.82) is 0 Å². The molecule has 2 N–H and O–H groups in total. The number of amides is 2. The van der Waals surface area contributed by atoms with Crippen molar-refractivity contribution >= 4 is 33.2 Å². The maximum Gasteiger partial charge on any atom is 0.265 e. The minimum atomic E-state index is -3.95. The number of sulfonamides is 1. The van der Waals surface area contributed by atoms with E-state index >= 15 is 0 Å². The van der Waals surface area contributed by atoms with Gasteiger partial charge in [0.2, 0.25) is 5.91 Å². The third-order valence-corrected chi connectivity index (χ3v) is 7.85. The van der Waals surface area contributed by atoms with Gasteiger partial charge in [-0.15, -0.1) is 0 Å². The molecule has 0 unspecified atom stereocenters. The number of carbonyl (C=O) groups excluding carboxylic acids is 2. The zero-order valence-electron chi connectivity index (χ0n) is 19.9. The van der Waals surface area contributed by atoms with E-state index in [9.17, 15) is 18.0 Å². The van der Waals surface area contributed by atoms with Crippen LogP contribution in [0.25, 0.3) is 11.1 Å². The fourth-order valence-electron chi connectivity index (χ4n) is 4.15. The van der Waals surface area contributed by atoms with E-state index in [0.717, 1.165) is 34.7 Å². The number of fused-ring (bicyclic) bond motifs is 3. The van der Waals surface area contributed by atoms with E-state index in [1.807, 2.05) is 32.0 Å². The molecule has 0 saturated carbocycles. The summed E-state index contributed by atoms with van der Waals surface area (Å²) in [4.78, 5) is 25.9. The summed E-state index contributed by atoms with van der Waals surface area (Å²) in [6.45, 7) is 4.20. The summed E-state index contributed by atoms with van der Waals surface area (Å²) < 4.78 is 28.2. The smallest absolute Gasteiger partial charge is 0.265 e. The van der Waals surface area contributed by atoms with Crippen LogP contribution < -0.4 is 14.9 Å². The molecule has 0 aliphatic carbocycles. The van der Waals surface area contributed by atoms with Crippen molar-refractivity contribution in [2.45, 2.75) is 38.0 Å². The van der Waals surface area contributed by atoms with Crippen molar-refractivity contribution < 1.29 is 18.0 Å². The van der Waals surface area contributed by atoms with Gasteiger partial charge in [0.15, 0.2) is 0 Å². The van der Waals surface area contributed by atoms with Gasteiger partial charge in [-0.3, -0.25) is 13.9 Å². The molecule has 1 heterocycles. The maximum atomic E-state index is 13.5. The van der Waals surface area contributed by atoms with E-state index < -0.39 is 22.5 Å². The quantitative estimate of drug-likeness (QED) is 0.451. The van der Waals surface area contributed by atoms with Crippen LogP contribution in [0, 0.1) is 0 Å². The van der Waals surface area contributed by atoms with Crippen LogP contribution in [0.4, 0.5) is 11.4 Å². The van der Waals surface area contributed by atoms with Crippen LogP contribution in [0.3, 0.4) is 0 Å². The average molecular weight is 492 g/mol. The van der Waals surface area contributed by atoms with Crippen molar-refractivity contribution in [3.8, 4) is 11.1 Å². The van der Waals surface area contributed by atoms with Crippen LogP contribution in [0.15, 0.2) is 71.6 Å². The Morgan fingerprint density at radius 3 is 2.43 bits per heavy atom. The fraction of sp³-hybridized carbons (Fsp3) is 0.259. The molecule has 3 aromatic carbocycles. The van der Waals surface area contributed by atoms with Gasteiger partial charge in [-0.25, -0.2) is 8.42 Å². The Kier molecular flexibility index (Phi) is 7.21. The van der Waals surface area contributed by atoms with E-state index in [4.69, 9.17) is 0 Å². The third-order valence-electron chi connectivity index (χ3n) is 6.03. The first-order chi connectivity index (χ1) is 16.9. The van der Waals surface area contributed by atoms with Gasteiger partial charge in [-0.1, -0.05) is 56.7 Å². The summed E-state index contributed by atoms with van der Waals surface area (Å²) in [5.41, 5.74) is 3.60. The number of anilines is 2. The molecule has 0 bridgehead atoms. The standard InChI is InChI=1S/C27H29N3O4S/c1-3-5-16-28-27(32)21-11-6-8-12-23(21)29-26(31)18-30-24-15-14-19(4-2)17-22(24)20-10-7-9-13-25(20)35(30,33)34/h6-15,17H,3-5,16,18H2,1-2H3,(H,28,32)(H,29,31). The van der Waals surface area contributed by atoms with E-state index in [1.165, 1.54) is 0 Å². The van der Waals surface area contributed by atoms with E-state index in [2.05, 4.69) is 10.6 Å². The highest BCUT2D eigenvalue weighted by Gasteiger charge is 2.36. The molecule has 0 radical (unpaired) electrons. The highest BCUT2D eigenvalue weighted by atomic mass is 32.2. The lowest BCUT2D eigenvalue weighted by Gasteiger charge is -2.32. The number of unbranched alkanes of at least 4 members (excludes halogenated alkanes) is 1. The maximum absolute atomic E-state index is 13.5. The Hall–Kier alpha value is -3.65. The molecule has 3 aromatic rings. The second kappa shape index (κ2) is 10.3. The predicted octanol–water partition coefficient (Wildman–Crippen LogP) is 4.59. The van der Waals surface area contributed by atoms with Crippen LogP contribution in [-0.4, -0.2) is 33.3 Å². The summed E-state index contributed by atoms with van der Waals surface area (Å²) in [5, 5.41) is 5.58. The Morgan fingerprint density at radius 1 is 0.914 bits per heavy atom. The molecule has 0 atom stereocenters. The predicted molar refractivity (Wildman–Crippen MR) is 138 cm³/mol. The van der Waals surface area contributed by atoms with Gasteiger partial charge in [-0.2, -0.15) is 0 Å². The molecule has 35 heavy (non-hydrogen) atoms. The molecule has 0 spiro atoms. The highest BCUT2D eigenvalue weighted by molar-refractivity contribution is 7.93. The normalized spacial score (nSPS) is 13.5. The number of benzene rings is 3. The van der Waals surface area contributed by atoms with Crippen molar-refractivity contribution in [1.82, 2.24) is 5.32 Å². The van der Waals surface area contributed by atoms with E-state index in [-0.39, 0.29) is 10.8 Å². The van der Waals surface area contributed by atoms with Crippen LogP contribution in [0.5, 0.6) is 0 Å². The molecule has 182 valence electrons. The molecule has 1 aliphatic heterocycles. The molecule has 0 aromatic heterocycles. The van der Waals surface area contributed by atoms with Crippen LogP contribution >= 0.6 is 0 Å². The summed E-state index contributed by atoms with van der Waals surface area (Å²) in [7, 11) is -3.95. The number of carbonyl (C=O) groups is 2. The van der Waals surface area contributed by atoms with Gasteiger partial charge in [0.25, 0.3) is 15.9 Å². The zero-order chi connectivity index (χ0) is 25.0. The second-order valence-electron chi connectivity index (χ2n) is 8.42. The number of nitrogens with one attached hydrogen (secondary N) is 2. The molecular weight excluding hydrogens is 462 g/mol. The number of nitrogens with zero attached hydrogens (tertiary/aromatic N) is 1. The van der Waals surface area contributed by atoms with E-state index in [1.54, 1.807) is 48.5 Å². The van der Waals surface area contributed by atoms with Gasteiger partial charge in [0.05, 0.1) is 21.8 Å². The number of para-hydroxylation sites is 1. The first-order valence-corrected chi connectivity index (χ1v) is 13.2. The molecule has 2 amide bonds. The van der Waals surface area contributed by atoms with Gasteiger partial charge >= 0.3 is 0 Å². The molecule has 4 rings (SSSR count). The number of hydrogen-bond acceptors (Lipinski definition) is 4. The number of rotatable bonds is 8. The minimum Gasteiger partial charge on any atom is -0.352 e. The van der Waals surface area contributed by atoms with Crippen molar-refractivity contribution in [3.63, 3.8) is 0 Å². The first-order valence-electron chi connectivity index (χ1n) is 11.8. The van der Waals surface area contributed by atoms with Crippen LogP contribution in [-0.2, 0) is 21.2 Å². The van der Waals surface area contributed by atoms with Crippen LogP contribution in [0.2, 0.25) is 0 Å². The average Bonchev–Trinajstić information content (AvgIpc) is 2.87. The Bertz CT molecular complexity index is 1370. The van der Waals surface area contributed by atoms with E-state index in [0.29, 0.717) is 29.0 Å². The third kappa shape index (κ3) is 4.93. The van der Waals surface area contributed by atoms with Crippen molar-refractivity contribution in [2.24, 2.45) is 0 Å². The molecule has 0 saturated heterocycles. The van der Waals surface area contributed by atoms with Gasteiger partial charge < -0.3 is 10.6 Å². The monoisotopic (exact) mass is 491 g/mol. The largest absolute Gasteiger partial charge is 0.352 e. The first kappa shape index (κ1) is 24.5. The van der Waals surface area contributed by atoms with Gasteiger partial charge in [0, 0.05) is 17.7 Å². The lowest BCUT2D eigenvalue weighted by molar-refractivity contribution is -0.114. The molecule has 8 heteroatoms. The molecular formula is C27H29N3O4S. The second-order valence-corrected chi connectivity index (χ2v) is 10.2. The fourth-order valence-corrected chi connectivity index (χ4v) is 5.80. The molecule has 1 aliphatic rings. The van der Waals surface area contributed by atoms with Crippen molar-refractivity contribution in [2.75, 3.05) is 22.7 Å². The summed E-state index contributed by atoms with van der Waals surface area (Å²) in [6.07, 6.45) is 2.61. The summed E-state index contributed by atoms with van der Waals surface area (Å²) >= 11 is 0. The minimum absolute atomic E-state index is 0.171. The van der Waals surface area contributed by atoms with Gasteiger partial charge in [0.1, 0.15) is 6.54 Å². The SMILES string of the molecule is CCCCNC(=O)c1ccccc1NC(=O)CN1c2ccc(CC)cc2-c2ccccc2S1(=O)=O. The topological polar surface area (TPSA) is 95.6 Å². The molecule has 7 nitrogen and oxygen atoms in total.